The van der Waals surface area contributed by atoms with Crippen molar-refractivity contribution in [1.29, 1.82) is 0 Å². The second-order valence-corrected chi connectivity index (χ2v) is 11.6. The van der Waals surface area contributed by atoms with Crippen molar-refractivity contribution < 1.29 is 18.0 Å². The first kappa shape index (κ1) is 29.2. The van der Waals surface area contributed by atoms with Crippen LogP contribution in [0.3, 0.4) is 0 Å². The molecule has 0 unspecified atom stereocenters. The SMILES string of the molecule is CC[C@H](C)NC(=O)[C@H](C)N(Cc1cccc(Cl)c1)C(=O)CN(c1ccccc1C)S(=O)(=O)c1ccccc1. The molecule has 0 spiro atoms. The fraction of sp³-hybridized carbons (Fsp3) is 0.310. The van der Waals surface area contributed by atoms with Gasteiger partial charge in [0.2, 0.25) is 11.8 Å². The van der Waals surface area contributed by atoms with E-state index in [2.05, 4.69) is 5.32 Å². The molecule has 2 amide bonds. The van der Waals surface area contributed by atoms with E-state index in [1.54, 1.807) is 74.5 Å². The Balaban J connectivity index is 2.03. The van der Waals surface area contributed by atoms with E-state index in [4.69, 9.17) is 11.6 Å². The zero-order valence-electron chi connectivity index (χ0n) is 22.1. The van der Waals surface area contributed by atoms with Gasteiger partial charge in [-0.1, -0.05) is 67.1 Å². The predicted octanol–water partition coefficient (Wildman–Crippen LogP) is 5.18. The number of aryl methyl sites for hydroxylation is 1. The lowest BCUT2D eigenvalue weighted by Crippen LogP contribution is -2.52. The van der Waals surface area contributed by atoms with Gasteiger partial charge < -0.3 is 10.2 Å². The van der Waals surface area contributed by atoms with Gasteiger partial charge >= 0.3 is 0 Å². The molecule has 3 aromatic rings. The van der Waals surface area contributed by atoms with Gasteiger partial charge in [0.15, 0.2) is 0 Å². The minimum atomic E-state index is -4.09. The number of sulfonamides is 1. The fourth-order valence-corrected chi connectivity index (χ4v) is 5.67. The molecule has 3 rings (SSSR count). The molecule has 38 heavy (non-hydrogen) atoms. The summed E-state index contributed by atoms with van der Waals surface area (Å²) in [4.78, 5) is 28.5. The summed E-state index contributed by atoms with van der Waals surface area (Å²) in [7, 11) is -4.09. The first-order valence-electron chi connectivity index (χ1n) is 12.5. The van der Waals surface area contributed by atoms with Crippen LogP contribution in [-0.4, -0.2) is 43.8 Å². The fourth-order valence-electron chi connectivity index (χ4n) is 3.96. The van der Waals surface area contributed by atoms with Crippen LogP contribution >= 0.6 is 11.6 Å². The molecule has 0 heterocycles. The molecule has 202 valence electrons. The highest BCUT2D eigenvalue weighted by Gasteiger charge is 2.33. The van der Waals surface area contributed by atoms with Gasteiger partial charge in [-0.3, -0.25) is 13.9 Å². The van der Waals surface area contributed by atoms with Crippen molar-refractivity contribution in [2.75, 3.05) is 10.8 Å². The Morgan fingerprint density at radius 3 is 2.24 bits per heavy atom. The van der Waals surface area contributed by atoms with Gasteiger partial charge in [-0.05, 0) is 68.7 Å². The lowest BCUT2D eigenvalue weighted by molar-refractivity contribution is -0.139. The number of carbonyl (C=O) groups is 2. The minimum Gasteiger partial charge on any atom is -0.352 e. The van der Waals surface area contributed by atoms with Crippen molar-refractivity contribution in [2.45, 2.75) is 57.6 Å². The number of rotatable bonds is 11. The standard InChI is InChI=1S/C29H34ClN3O4S/c1-5-22(3)31-29(35)23(4)32(19-24-13-11-14-25(30)18-24)28(34)20-33(27-17-10-9-12-21(27)2)38(36,37)26-15-7-6-8-16-26/h6-18,22-23H,5,19-20H2,1-4H3,(H,31,35)/t22-,23-/m0/s1. The van der Waals surface area contributed by atoms with Crippen LogP contribution in [0.5, 0.6) is 0 Å². The predicted molar refractivity (Wildman–Crippen MR) is 152 cm³/mol. The van der Waals surface area contributed by atoms with Gasteiger partial charge in [-0.25, -0.2) is 8.42 Å². The Bertz CT molecular complexity index is 1370. The largest absolute Gasteiger partial charge is 0.352 e. The molecule has 0 radical (unpaired) electrons. The maximum Gasteiger partial charge on any atom is 0.264 e. The monoisotopic (exact) mass is 555 g/mol. The first-order valence-corrected chi connectivity index (χ1v) is 14.3. The van der Waals surface area contributed by atoms with Crippen molar-refractivity contribution in [3.8, 4) is 0 Å². The Morgan fingerprint density at radius 2 is 1.61 bits per heavy atom. The van der Waals surface area contributed by atoms with Gasteiger partial charge in [0.25, 0.3) is 10.0 Å². The molecule has 0 saturated carbocycles. The average Bonchev–Trinajstić information content (AvgIpc) is 2.90. The van der Waals surface area contributed by atoms with Crippen molar-refractivity contribution >= 4 is 39.1 Å². The van der Waals surface area contributed by atoms with E-state index in [-0.39, 0.29) is 23.4 Å². The maximum atomic E-state index is 13.9. The molecule has 7 nitrogen and oxygen atoms in total. The Kier molecular flexibility index (Phi) is 9.94. The normalized spacial score (nSPS) is 12.9. The number of carbonyl (C=O) groups excluding carboxylic acids is 2. The lowest BCUT2D eigenvalue weighted by Gasteiger charge is -2.33. The molecule has 1 N–H and O–H groups in total. The number of amides is 2. The quantitative estimate of drug-likeness (QED) is 0.353. The van der Waals surface area contributed by atoms with E-state index in [9.17, 15) is 18.0 Å². The molecule has 0 aliphatic heterocycles. The summed E-state index contributed by atoms with van der Waals surface area (Å²) in [5, 5.41) is 3.42. The van der Waals surface area contributed by atoms with E-state index in [0.717, 1.165) is 16.3 Å². The zero-order valence-corrected chi connectivity index (χ0v) is 23.7. The third-order valence-electron chi connectivity index (χ3n) is 6.40. The van der Waals surface area contributed by atoms with E-state index in [1.165, 1.54) is 17.0 Å². The summed E-state index contributed by atoms with van der Waals surface area (Å²) in [6, 6.07) is 21.1. The minimum absolute atomic E-state index is 0.0695. The van der Waals surface area contributed by atoms with Crippen LogP contribution < -0.4 is 9.62 Å². The Morgan fingerprint density at radius 1 is 0.947 bits per heavy atom. The van der Waals surface area contributed by atoms with Crippen molar-refractivity contribution in [2.24, 2.45) is 0 Å². The van der Waals surface area contributed by atoms with Crippen LogP contribution in [0.25, 0.3) is 0 Å². The molecule has 9 heteroatoms. The third kappa shape index (κ3) is 7.14. The summed E-state index contributed by atoms with van der Waals surface area (Å²) < 4.78 is 28.7. The molecule has 0 bridgehead atoms. The molecule has 0 aliphatic rings. The van der Waals surface area contributed by atoms with Crippen molar-refractivity contribution in [3.63, 3.8) is 0 Å². The molecule has 3 aromatic carbocycles. The van der Waals surface area contributed by atoms with Crippen LogP contribution in [0.4, 0.5) is 5.69 Å². The Labute approximate surface area is 230 Å². The molecule has 0 aromatic heterocycles. The van der Waals surface area contributed by atoms with Crippen LogP contribution in [0, 0.1) is 6.92 Å². The summed E-state index contributed by atoms with van der Waals surface area (Å²) in [5.74, 6) is -0.831. The second kappa shape index (κ2) is 12.9. The summed E-state index contributed by atoms with van der Waals surface area (Å²) in [6.45, 7) is 6.88. The van der Waals surface area contributed by atoms with Crippen LogP contribution in [0.1, 0.15) is 38.3 Å². The highest BCUT2D eigenvalue weighted by Crippen LogP contribution is 2.27. The highest BCUT2D eigenvalue weighted by atomic mass is 35.5. The molecule has 0 saturated heterocycles. The zero-order chi connectivity index (χ0) is 27.9. The van der Waals surface area contributed by atoms with Crippen molar-refractivity contribution in [3.05, 3.63) is 95.0 Å². The Hall–Kier alpha value is -3.36. The molecular weight excluding hydrogens is 522 g/mol. The second-order valence-electron chi connectivity index (χ2n) is 9.26. The van der Waals surface area contributed by atoms with E-state index < -0.39 is 28.5 Å². The van der Waals surface area contributed by atoms with Gasteiger partial charge in [-0.15, -0.1) is 0 Å². The number of nitrogens with zero attached hydrogens (tertiary/aromatic N) is 2. The number of anilines is 1. The van der Waals surface area contributed by atoms with E-state index in [0.29, 0.717) is 16.3 Å². The van der Waals surface area contributed by atoms with Gasteiger partial charge in [0.1, 0.15) is 12.6 Å². The molecular formula is C29H34ClN3O4S. The number of halogens is 1. The summed E-state index contributed by atoms with van der Waals surface area (Å²) in [6.07, 6.45) is 0.733. The number of benzene rings is 3. The smallest absolute Gasteiger partial charge is 0.264 e. The summed E-state index contributed by atoms with van der Waals surface area (Å²) in [5.41, 5.74) is 1.82. The van der Waals surface area contributed by atoms with Gasteiger partial charge in [-0.2, -0.15) is 0 Å². The van der Waals surface area contributed by atoms with Gasteiger partial charge in [0, 0.05) is 17.6 Å². The average molecular weight is 556 g/mol. The first-order chi connectivity index (χ1) is 18.0. The number of para-hydroxylation sites is 1. The number of hydrogen-bond donors (Lipinski definition) is 1. The van der Waals surface area contributed by atoms with Crippen LogP contribution in [-0.2, 0) is 26.2 Å². The van der Waals surface area contributed by atoms with Crippen LogP contribution in [0.15, 0.2) is 83.8 Å². The molecule has 0 aliphatic carbocycles. The summed E-state index contributed by atoms with van der Waals surface area (Å²) >= 11 is 6.18. The van der Waals surface area contributed by atoms with Crippen LogP contribution in [0.2, 0.25) is 5.02 Å². The number of hydrogen-bond acceptors (Lipinski definition) is 4. The van der Waals surface area contributed by atoms with E-state index in [1.807, 2.05) is 19.9 Å². The topological polar surface area (TPSA) is 86.8 Å². The third-order valence-corrected chi connectivity index (χ3v) is 8.41. The highest BCUT2D eigenvalue weighted by molar-refractivity contribution is 7.92. The molecule has 0 fully saturated rings. The lowest BCUT2D eigenvalue weighted by atomic mass is 10.1. The van der Waals surface area contributed by atoms with Gasteiger partial charge in [0.05, 0.1) is 10.6 Å². The maximum absolute atomic E-state index is 13.9. The van der Waals surface area contributed by atoms with Crippen molar-refractivity contribution in [1.82, 2.24) is 10.2 Å². The number of nitrogens with one attached hydrogen (secondary N) is 1. The molecule has 2 atom stereocenters. The van der Waals surface area contributed by atoms with E-state index >= 15 is 0 Å².